The van der Waals surface area contributed by atoms with Crippen LogP contribution in [0.2, 0.25) is 0 Å². The van der Waals surface area contributed by atoms with Gasteiger partial charge in [-0.2, -0.15) is 0 Å². The number of rotatable bonds is 6. The molecule has 5 aromatic carbocycles. The second kappa shape index (κ2) is 9.66. The molecule has 2 nitrogen and oxygen atoms in total. The highest BCUT2D eigenvalue weighted by Crippen LogP contribution is 2.19. The van der Waals surface area contributed by atoms with Gasteiger partial charge in [-0.1, -0.05) is 139 Å². The molecule has 4 heteroatoms. The fraction of sp³-hybridized carbons (Fsp3) is 0. The van der Waals surface area contributed by atoms with Crippen LogP contribution in [0.25, 0.3) is 11.1 Å². The molecule has 0 heterocycles. The largest absolute Gasteiger partial charge is 0.488 e. The normalized spacial score (nSPS) is 16.6. The van der Waals surface area contributed by atoms with Crippen LogP contribution in [0.3, 0.4) is 0 Å². The van der Waals surface area contributed by atoms with Gasteiger partial charge in [0.1, 0.15) is 0 Å². The van der Waals surface area contributed by atoms with Gasteiger partial charge >= 0.3 is 7.12 Å². The molecule has 5 rings (SSSR count). The molecule has 0 radical (unpaired) electrons. The van der Waals surface area contributed by atoms with Gasteiger partial charge in [0.05, 0.1) is 17.8 Å². The summed E-state index contributed by atoms with van der Waals surface area (Å²) in [5.41, 5.74) is -1.77. The van der Waals surface area contributed by atoms with Crippen molar-refractivity contribution in [3.63, 3.8) is 0 Å². The van der Waals surface area contributed by atoms with E-state index in [1.54, 1.807) is 60.7 Å². The van der Waals surface area contributed by atoms with Crippen LogP contribution in [0.4, 0.5) is 0 Å². The van der Waals surface area contributed by atoms with Crippen molar-refractivity contribution in [2.24, 2.45) is 0 Å². The van der Waals surface area contributed by atoms with Gasteiger partial charge in [0.25, 0.3) is 0 Å². The van der Waals surface area contributed by atoms with Crippen LogP contribution in [0, 0.1) is 0 Å². The lowest BCUT2D eigenvalue weighted by Gasteiger charge is -2.35. The van der Waals surface area contributed by atoms with Crippen molar-refractivity contribution in [3.05, 3.63) is 139 Å². The Morgan fingerprint density at radius 2 is 1.06 bits per heavy atom. The van der Waals surface area contributed by atoms with Crippen LogP contribution >= 0.6 is 0 Å². The Labute approximate surface area is 220 Å². The van der Waals surface area contributed by atoms with Crippen molar-refractivity contribution in [2.45, 2.75) is 0 Å². The summed E-state index contributed by atoms with van der Waals surface area (Å²) in [5, 5.41) is 20.6. The number of hydrogen-bond donors (Lipinski definition) is 2. The van der Waals surface area contributed by atoms with E-state index in [0.717, 1.165) is 0 Å². The van der Waals surface area contributed by atoms with Crippen LogP contribution in [0.5, 0.6) is 0 Å². The van der Waals surface area contributed by atoms with Crippen molar-refractivity contribution >= 4 is 41.4 Å². The summed E-state index contributed by atoms with van der Waals surface area (Å²) in [6.07, 6.45) is 0. The van der Waals surface area contributed by atoms with Crippen LogP contribution in [-0.4, -0.2) is 25.2 Å². The summed E-state index contributed by atoms with van der Waals surface area (Å²) in [7, 11) is -6.94. The van der Waals surface area contributed by atoms with Crippen LogP contribution in [-0.2, 0) is 0 Å². The Morgan fingerprint density at radius 1 is 0.529 bits per heavy atom. The van der Waals surface area contributed by atoms with Crippen LogP contribution in [0.1, 0.15) is 17.8 Å². The number of benzene rings is 5. The molecule has 0 saturated carbocycles. The lowest BCUT2D eigenvalue weighted by molar-refractivity contribution is 0.426. The average molecular weight is 470 g/mol. The minimum atomic E-state index is -4.53. The van der Waals surface area contributed by atoms with Crippen molar-refractivity contribution in [1.82, 2.24) is 0 Å². The SMILES string of the molecule is [2H]c1c([2H])c([2H])c(-c2c([2H])c([2H])c([2H])c([Si](c3ccccc3)(c3ccccc3)c3c([2H])c([2H])c([2H])c(B(O)O)c3[2H])c2[2H])c([2H])c1[2H]. The van der Waals surface area contributed by atoms with E-state index in [1.165, 1.54) is 0 Å². The first-order valence-corrected chi connectivity index (χ1v) is 12.4. The molecule has 0 aliphatic heterocycles. The molecular formula is C30H25BO2Si. The Balaban J connectivity index is 2.17. The van der Waals surface area contributed by atoms with E-state index >= 15 is 0 Å². The van der Waals surface area contributed by atoms with Crippen LogP contribution < -0.4 is 26.2 Å². The molecule has 2 N–H and O–H groups in total. The minimum absolute atomic E-state index is 0.296. The van der Waals surface area contributed by atoms with Gasteiger partial charge in [-0.3, -0.25) is 0 Å². The first-order chi connectivity index (χ1) is 22.1. The van der Waals surface area contributed by atoms with Crippen molar-refractivity contribution in [1.29, 1.82) is 0 Å². The Morgan fingerprint density at radius 3 is 1.65 bits per heavy atom. The van der Waals surface area contributed by atoms with Gasteiger partial charge in [-0.05, 0) is 37.3 Å². The maximum Gasteiger partial charge on any atom is 0.488 e. The number of hydrogen-bond acceptors (Lipinski definition) is 2. The van der Waals surface area contributed by atoms with Crippen molar-refractivity contribution in [2.75, 3.05) is 0 Å². The van der Waals surface area contributed by atoms with E-state index < -0.39 is 110 Å². The van der Waals surface area contributed by atoms with Gasteiger partial charge < -0.3 is 10.0 Å². The molecule has 34 heavy (non-hydrogen) atoms. The first-order valence-electron chi connectivity index (χ1n) is 16.9. The lowest BCUT2D eigenvalue weighted by Crippen LogP contribution is -2.75. The highest BCUT2D eigenvalue weighted by atomic mass is 28.3. The van der Waals surface area contributed by atoms with E-state index in [0.29, 0.717) is 10.4 Å². The van der Waals surface area contributed by atoms with Crippen molar-refractivity contribution in [3.8, 4) is 11.1 Å². The molecule has 0 aromatic heterocycles. The summed E-state index contributed by atoms with van der Waals surface area (Å²) in [5.74, 6) is 0. The molecule has 0 atom stereocenters. The zero-order valence-electron chi connectivity index (χ0n) is 30.7. The highest BCUT2D eigenvalue weighted by molar-refractivity contribution is 7.20. The second-order valence-corrected chi connectivity index (χ2v) is 11.0. The fourth-order valence-corrected chi connectivity index (χ4v) is 8.21. The third-order valence-corrected chi connectivity index (χ3v) is 9.84. The van der Waals surface area contributed by atoms with E-state index in [1.807, 2.05) is 0 Å². The molecule has 0 amide bonds. The highest BCUT2D eigenvalue weighted by Gasteiger charge is 2.41. The van der Waals surface area contributed by atoms with E-state index in [-0.39, 0.29) is 10.4 Å². The Bertz CT molecular complexity index is 1990. The molecule has 0 fully saturated rings. The molecule has 0 unspecified atom stereocenters. The van der Waals surface area contributed by atoms with Gasteiger partial charge in [0, 0.05) is 0 Å². The molecule has 164 valence electrons. The summed E-state index contributed by atoms with van der Waals surface area (Å²) >= 11 is 0. The second-order valence-electron chi connectivity index (χ2n) is 7.39. The third-order valence-electron chi connectivity index (χ3n) is 5.44. The first kappa shape index (κ1) is 11.6. The standard InChI is InChI=1S/C30H25BO2Si/c32-31(33)26-15-11-21-30(23-26)34(27-16-6-2-7-17-27,28-18-8-3-9-19-28)29-20-10-14-25(22-29)24-12-4-1-5-13-24/h1-23,32-33H/i1D,4D,5D,10D,11D,12D,13D,14D,15D,20D,21D,22D,23D. The third kappa shape index (κ3) is 4.04. The Hall–Kier alpha value is -3.70. The minimum Gasteiger partial charge on any atom is -0.423 e. The molecule has 5 aromatic rings. The maximum absolute atomic E-state index is 10.3. The molecule has 0 spiro atoms. The summed E-state index contributed by atoms with van der Waals surface area (Å²) < 4.78 is 114. The fourth-order valence-electron chi connectivity index (χ4n) is 3.95. The summed E-state index contributed by atoms with van der Waals surface area (Å²) in [4.78, 5) is 0. The zero-order chi connectivity index (χ0) is 34.7. The van der Waals surface area contributed by atoms with E-state index in [4.69, 9.17) is 13.7 Å². The molecule has 0 saturated heterocycles. The lowest BCUT2D eigenvalue weighted by atomic mass is 9.80. The van der Waals surface area contributed by atoms with E-state index in [9.17, 15) is 14.2 Å². The van der Waals surface area contributed by atoms with E-state index in [2.05, 4.69) is 0 Å². The van der Waals surface area contributed by atoms with Crippen molar-refractivity contribution < 1.29 is 27.9 Å². The summed E-state index contributed by atoms with van der Waals surface area (Å²) in [6, 6.07) is 6.84. The zero-order valence-corrected chi connectivity index (χ0v) is 18.7. The smallest absolute Gasteiger partial charge is 0.423 e. The predicted octanol–water partition coefficient (Wildman–Crippen LogP) is 2.41. The van der Waals surface area contributed by atoms with Gasteiger partial charge in [0.15, 0.2) is 8.07 Å². The van der Waals surface area contributed by atoms with Gasteiger partial charge in [-0.25, -0.2) is 0 Å². The molecule has 0 aliphatic carbocycles. The van der Waals surface area contributed by atoms with Gasteiger partial charge in [-0.15, -0.1) is 0 Å². The molecule has 0 bridgehead atoms. The monoisotopic (exact) mass is 469 g/mol. The quantitative estimate of drug-likeness (QED) is 0.296. The van der Waals surface area contributed by atoms with Crippen LogP contribution in [0.15, 0.2) is 139 Å². The predicted molar refractivity (Wildman–Crippen MR) is 145 cm³/mol. The molecular weight excluding hydrogens is 431 g/mol. The van der Waals surface area contributed by atoms with Gasteiger partial charge in [0.2, 0.25) is 0 Å². The maximum atomic E-state index is 10.3. The average Bonchev–Trinajstić information content (AvgIpc) is 3.06. The summed E-state index contributed by atoms with van der Waals surface area (Å²) in [6.45, 7) is 0. The Kier molecular flexibility index (Phi) is 3.30. The molecule has 0 aliphatic rings. The topological polar surface area (TPSA) is 40.5 Å².